The van der Waals surface area contributed by atoms with E-state index in [-0.39, 0.29) is 22.8 Å². The Morgan fingerprint density at radius 1 is 0.629 bits per heavy atom. The zero-order valence-electron chi connectivity index (χ0n) is 18.4. The Labute approximate surface area is 201 Å². The fourth-order valence-corrected chi connectivity index (χ4v) is 3.72. The molecule has 0 atom stereocenters. The highest BCUT2D eigenvalue weighted by atomic mass is 16.5. The Kier molecular flexibility index (Phi) is 6.88. The molecule has 0 saturated carbocycles. The van der Waals surface area contributed by atoms with E-state index >= 15 is 0 Å². The number of amides is 1. The zero-order valence-corrected chi connectivity index (χ0v) is 18.4. The maximum atomic E-state index is 13.3. The van der Waals surface area contributed by atoms with Crippen LogP contribution in [-0.2, 0) is 4.79 Å². The second-order valence-corrected chi connectivity index (χ2v) is 7.69. The van der Waals surface area contributed by atoms with Crippen LogP contribution in [0.5, 0.6) is 11.5 Å². The number of carbonyl (C=O) groups is 3. The minimum Gasteiger partial charge on any atom is -0.478 e. The van der Waals surface area contributed by atoms with Crippen molar-refractivity contribution in [1.82, 2.24) is 0 Å². The topological polar surface area (TPSA) is 113 Å². The molecule has 7 nitrogen and oxygen atoms in total. The summed E-state index contributed by atoms with van der Waals surface area (Å²) < 4.78 is 5.75. The van der Waals surface area contributed by atoms with Crippen molar-refractivity contribution in [3.8, 4) is 11.5 Å². The van der Waals surface area contributed by atoms with Crippen molar-refractivity contribution in [2.45, 2.75) is 5.92 Å². The lowest BCUT2D eigenvalue weighted by molar-refractivity contribution is -0.116. The Morgan fingerprint density at radius 3 is 1.77 bits per heavy atom. The van der Waals surface area contributed by atoms with E-state index in [1.807, 2.05) is 60.7 Å². The number of carboxylic acid groups (broad SMARTS) is 2. The zero-order chi connectivity index (χ0) is 24.8. The Hall–Kier alpha value is -4.91. The van der Waals surface area contributed by atoms with E-state index in [0.717, 1.165) is 17.2 Å². The normalized spacial score (nSPS) is 10.5. The summed E-state index contributed by atoms with van der Waals surface area (Å²) in [6.45, 7) is 0. The lowest BCUT2D eigenvalue weighted by Gasteiger charge is -2.18. The monoisotopic (exact) mass is 467 g/mol. The van der Waals surface area contributed by atoms with E-state index in [9.17, 15) is 24.6 Å². The molecule has 0 fully saturated rings. The fraction of sp³-hybridized carbons (Fsp3) is 0.0357. The molecular formula is C28H21NO6. The second-order valence-electron chi connectivity index (χ2n) is 7.69. The molecule has 4 aromatic rings. The third kappa shape index (κ3) is 5.54. The van der Waals surface area contributed by atoms with Gasteiger partial charge in [0.25, 0.3) is 0 Å². The van der Waals surface area contributed by atoms with Crippen LogP contribution in [0.3, 0.4) is 0 Å². The van der Waals surface area contributed by atoms with Crippen molar-refractivity contribution in [3.63, 3.8) is 0 Å². The van der Waals surface area contributed by atoms with Crippen molar-refractivity contribution in [2.24, 2.45) is 0 Å². The van der Waals surface area contributed by atoms with Gasteiger partial charge < -0.3 is 20.3 Å². The third-order valence-electron chi connectivity index (χ3n) is 5.32. The van der Waals surface area contributed by atoms with E-state index in [1.165, 1.54) is 12.1 Å². The molecule has 0 saturated heterocycles. The van der Waals surface area contributed by atoms with Gasteiger partial charge in [0.15, 0.2) is 0 Å². The van der Waals surface area contributed by atoms with E-state index in [2.05, 4.69) is 5.32 Å². The summed E-state index contributed by atoms with van der Waals surface area (Å²) in [6.07, 6.45) is 0. The second kappa shape index (κ2) is 10.4. The van der Waals surface area contributed by atoms with Crippen LogP contribution in [0.15, 0.2) is 103 Å². The molecule has 0 bridgehead atoms. The summed E-state index contributed by atoms with van der Waals surface area (Å²) in [5.74, 6) is -2.96. The first-order valence-electron chi connectivity index (χ1n) is 10.7. The van der Waals surface area contributed by atoms with Crippen molar-refractivity contribution in [2.75, 3.05) is 5.32 Å². The summed E-state index contributed by atoms with van der Waals surface area (Å²) in [6, 6.07) is 29.3. The maximum absolute atomic E-state index is 13.3. The van der Waals surface area contributed by atoms with Gasteiger partial charge in [-0.15, -0.1) is 0 Å². The molecule has 0 unspecified atom stereocenters. The number of rotatable bonds is 8. The number of carboxylic acids is 2. The first-order valence-corrected chi connectivity index (χ1v) is 10.7. The molecule has 7 heteroatoms. The largest absolute Gasteiger partial charge is 0.478 e. The van der Waals surface area contributed by atoms with Crippen molar-refractivity contribution in [3.05, 3.63) is 125 Å². The van der Waals surface area contributed by atoms with Crippen molar-refractivity contribution >= 4 is 23.5 Å². The molecule has 0 aliphatic rings. The molecule has 0 heterocycles. The fourth-order valence-electron chi connectivity index (χ4n) is 3.72. The Balaban J connectivity index is 1.57. The number of benzene rings is 4. The molecule has 4 aromatic carbocycles. The smallest absolute Gasteiger partial charge is 0.336 e. The highest BCUT2D eigenvalue weighted by molar-refractivity contribution is 6.02. The van der Waals surface area contributed by atoms with Gasteiger partial charge in [-0.1, -0.05) is 66.7 Å². The van der Waals surface area contributed by atoms with E-state index in [1.54, 1.807) is 24.3 Å². The number of anilines is 1. The molecule has 35 heavy (non-hydrogen) atoms. The molecule has 1 amide bonds. The Morgan fingerprint density at radius 2 is 1.20 bits per heavy atom. The van der Waals surface area contributed by atoms with Crippen LogP contribution < -0.4 is 10.1 Å². The number of hydrogen-bond donors (Lipinski definition) is 3. The minimum atomic E-state index is -1.37. The molecule has 3 N–H and O–H groups in total. The summed E-state index contributed by atoms with van der Waals surface area (Å²) in [7, 11) is 0. The first kappa shape index (κ1) is 23.3. The number of ether oxygens (including phenoxy) is 1. The van der Waals surface area contributed by atoms with E-state index in [4.69, 9.17) is 4.74 Å². The molecular weight excluding hydrogens is 446 g/mol. The SMILES string of the molecule is O=C(O)c1ccc(Oc2cccc(NC(=O)C(c3ccccc3)c3ccccc3)c2)cc1C(=O)O. The third-order valence-corrected chi connectivity index (χ3v) is 5.32. The molecule has 0 radical (unpaired) electrons. The highest BCUT2D eigenvalue weighted by Crippen LogP contribution is 2.29. The van der Waals surface area contributed by atoms with Gasteiger partial charge in [-0.3, -0.25) is 4.79 Å². The van der Waals surface area contributed by atoms with Gasteiger partial charge in [-0.25, -0.2) is 9.59 Å². The quantitative estimate of drug-likeness (QED) is 0.309. The number of carbonyl (C=O) groups excluding carboxylic acids is 1. The summed E-state index contributed by atoms with van der Waals surface area (Å²) in [4.78, 5) is 36.0. The number of nitrogens with one attached hydrogen (secondary N) is 1. The lowest BCUT2D eigenvalue weighted by atomic mass is 9.90. The lowest BCUT2D eigenvalue weighted by Crippen LogP contribution is -2.22. The summed E-state index contributed by atoms with van der Waals surface area (Å²) in [5.41, 5.74) is 1.48. The van der Waals surface area contributed by atoms with Crippen molar-refractivity contribution < 1.29 is 29.3 Å². The van der Waals surface area contributed by atoms with Crippen LogP contribution in [0.1, 0.15) is 37.8 Å². The van der Waals surface area contributed by atoms with Gasteiger partial charge in [0, 0.05) is 11.8 Å². The van der Waals surface area contributed by atoms with Gasteiger partial charge in [-0.2, -0.15) is 0 Å². The Bertz CT molecular complexity index is 1330. The summed E-state index contributed by atoms with van der Waals surface area (Å²) in [5, 5.41) is 21.4. The summed E-state index contributed by atoms with van der Waals surface area (Å²) >= 11 is 0. The standard InChI is InChI=1S/C28H21NO6/c30-26(25(18-8-3-1-4-9-18)19-10-5-2-6-11-19)29-20-12-7-13-21(16-20)35-22-14-15-23(27(31)32)24(17-22)28(33)34/h1-17,25H,(H,29,30)(H,31,32)(H,33,34). The molecule has 0 spiro atoms. The van der Waals surface area contributed by atoms with Crippen LogP contribution in [-0.4, -0.2) is 28.1 Å². The van der Waals surface area contributed by atoms with Crippen LogP contribution in [0.4, 0.5) is 5.69 Å². The van der Waals surface area contributed by atoms with Gasteiger partial charge in [-0.05, 0) is 41.5 Å². The van der Waals surface area contributed by atoms with E-state index < -0.39 is 17.9 Å². The van der Waals surface area contributed by atoms with Crippen LogP contribution in [0.25, 0.3) is 0 Å². The highest BCUT2D eigenvalue weighted by Gasteiger charge is 2.23. The van der Waals surface area contributed by atoms with Gasteiger partial charge in [0.05, 0.1) is 17.0 Å². The number of hydrogen-bond acceptors (Lipinski definition) is 4. The number of aromatic carboxylic acids is 2. The van der Waals surface area contributed by atoms with Crippen LogP contribution >= 0.6 is 0 Å². The van der Waals surface area contributed by atoms with Crippen LogP contribution in [0, 0.1) is 0 Å². The molecule has 0 aromatic heterocycles. The average Bonchev–Trinajstić information content (AvgIpc) is 2.85. The molecule has 0 aliphatic heterocycles. The van der Waals surface area contributed by atoms with Crippen LogP contribution in [0.2, 0.25) is 0 Å². The van der Waals surface area contributed by atoms with E-state index in [0.29, 0.717) is 11.4 Å². The predicted molar refractivity (Wildman–Crippen MR) is 130 cm³/mol. The van der Waals surface area contributed by atoms with Gasteiger partial charge >= 0.3 is 11.9 Å². The van der Waals surface area contributed by atoms with Crippen molar-refractivity contribution in [1.29, 1.82) is 0 Å². The van der Waals surface area contributed by atoms with Gasteiger partial charge in [0.2, 0.25) is 5.91 Å². The molecule has 174 valence electrons. The first-order chi connectivity index (χ1) is 16.9. The minimum absolute atomic E-state index is 0.155. The molecule has 0 aliphatic carbocycles. The van der Waals surface area contributed by atoms with Gasteiger partial charge in [0.1, 0.15) is 11.5 Å². The maximum Gasteiger partial charge on any atom is 0.336 e. The molecule has 4 rings (SSSR count). The average molecular weight is 467 g/mol. The predicted octanol–water partition coefficient (Wildman–Crippen LogP) is 5.65.